The lowest BCUT2D eigenvalue weighted by molar-refractivity contribution is -0.00142. The third-order valence-electron chi connectivity index (χ3n) is 4.19. The zero-order valence-electron chi connectivity index (χ0n) is 14.2. The van der Waals surface area contributed by atoms with Crippen LogP contribution in [0.1, 0.15) is 43.7 Å². The quantitative estimate of drug-likeness (QED) is 0.889. The van der Waals surface area contributed by atoms with Gasteiger partial charge in [-0.1, -0.05) is 38.1 Å². The van der Waals surface area contributed by atoms with Crippen LogP contribution in [-0.2, 0) is 4.74 Å². The molecule has 2 nitrogen and oxygen atoms in total. The second-order valence-electron chi connectivity index (χ2n) is 5.77. The zero-order chi connectivity index (χ0) is 17.5. The van der Waals surface area contributed by atoms with Gasteiger partial charge in [0.15, 0.2) is 0 Å². The fourth-order valence-corrected chi connectivity index (χ4v) is 3.05. The molecule has 0 spiro atoms. The van der Waals surface area contributed by atoms with Gasteiger partial charge in [-0.3, -0.25) is 0 Å². The van der Waals surface area contributed by atoms with E-state index in [1.165, 1.54) is 24.3 Å². The summed E-state index contributed by atoms with van der Waals surface area (Å²) in [5.41, 5.74) is 7.97. The van der Waals surface area contributed by atoms with Crippen molar-refractivity contribution in [1.29, 1.82) is 0 Å². The number of halogens is 2. The molecule has 2 unspecified atom stereocenters. The van der Waals surface area contributed by atoms with E-state index in [-0.39, 0.29) is 29.7 Å². The van der Waals surface area contributed by atoms with E-state index in [1.807, 2.05) is 13.8 Å². The van der Waals surface area contributed by atoms with Crippen LogP contribution in [0.25, 0.3) is 0 Å². The Bertz CT molecular complexity index is 567. The van der Waals surface area contributed by atoms with Crippen molar-refractivity contribution in [3.63, 3.8) is 0 Å². The van der Waals surface area contributed by atoms with Crippen LogP contribution in [0.3, 0.4) is 0 Å². The van der Waals surface area contributed by atoms with Crippen molar-refractivity contribution in [2.45, 2.75) is 44.8 Å². The lowest BCUT2D eigenvalue weighted by Crippen LogP contribution is -2.38. The molecule has 2 N–H and O–H groups in total. The number of rotatable bonds is 3. The Kier molecular flexibility index (Phi) is 6.88. The van der Waals surface area contributed by atoms with E-state index in [0.29, 0.717) is 6.61 Å². The maximum absolute atomic E-state index is 13.2. The van der Waals surface area contributed by atoms with Crippen molar-refractivity contribution >= 4 is 0 Å². The topological polar surface area (TPSA) is 35.2 Å². The molecule has 1 aliphatic heterocycles. The molecular weight excluding hydrogens is 308 g/mol. The van der Waals surface area contributed by atoms with Gasteiger partial charge in [0, 0.05) is 18.6 Å². The second-order valence-corrected chi connectivity index (χ2v) is 5.77. The average molecular weight is 333 g/mol. The lowest BCUT2D eigenvalue weighted by Gasteiger charge is -2.34. The highest BCUT2D eigenvalue weighted by molar-refractivity contribution is 5.34. The van der Waals surface area contributed by atoms with Gasteiger partial charge in [0.05, 0.1) is 6.10 Å². The van der Waals surface area contributed by atoms with Gasteiger partial charge in [-0.15, -0.1) is 0 Å². The Hall–Kier alpha value is -1.78. The molecule has 0 radical (unpaired) electrons. The first-order chi connectivity index (χ1) is 11.6. The molecule has 2 atom stereocenters. The van der Waals surface area contributed by atoms with Crippen LogP contribution in [0.4, 0.5) is 8.78 Å². The summed E-state index contributed by atoms with van der Waals surface area (Å²) >= 11 is 0. The molecule has 0 saturated carbocycles. The number of benzene rings is 2. The van der Waals surface area contributed by atoms with E-state index in [9.17, 15) is 8.78 Å². The summed E-state index contributed by atoms with van der Waals surface area (Å²) in [4.78, 5) is 0. The van der Waals surface area contributed by atoms with E-state index < -0.39 is 0 Å². The minimum Gasteiger partial charge on any atom is -0.377 e. The van der Waals surface area contributed by atoms with Gasteiger partial charge in [-0.2, -0.15) is 0 Å². The molecule has 4 heteroatoms. The standard InChI is InChI=1S/C18H19F2NO.C2H6/c19-14-5-1-12(2-6-14)18(13-3-7-15(20)8-4-13)17-11-16(21)9-10-22-17;1-2/h1-8,16-18H,9-11,21H2;1-2H3. The van der Waals surface area contributed by atoms with Gasteiger partial charge in [0.1, 0.15) is 11.6 Å². The zero-order valence-corrected chi connectivity index (χ0v) is 14.2. The Balaban J connectivity index is 0.00000100. The molecule has 0 aromatic heterocycles. The summed E-state index contributed by atoms with van der Waals surface area (Å²) < 4.78 is 32.3. The largest absolute Gasteiger partial charge is 0.377 e. The number of ether oxygens (including phenoxy) is 1. The van der Waals surface area contributed by atoms with Gasteiger partial charge in [0.25, 0.3) is 0 Å². The average Bonchev–Trinajstić information content (AvgIpc) is 2.60. The molecule has 2 aromatic rings. The smallest absolute Gasteiger partial charge is 0.123 e. The highest BCUT2D eigenvalue weighted by atomic mass is 19.1. The molecule has 0 bridgehead atoms. The molecule has 3 rings (SSSR count). The highest BCUT2D eigenvalue weighted by Crippen LogP contribution is 2.34. The van der Waals surface area contributed by atoms with Crippen LogP contribution in [-0.4, -0.2) is 18.8 Å². The second kappa shape index (κ2) is 8.90. The Labute approximate surface area is 142 Å². The van der Waals surface area contributed by atoms with E-state index in [4.69, 9.17) is 10.5 Å². The van der Waals surface area contributed by atoms with E-state index in [1.54, 1.807) is 24.3 Å². The van der Waals surface area contributed by atoms with Crippen LogP contribution in [0.15, 0.2) is 48.5 Å². The van der Waals surface area contributed by atoms with Gasteiger partial charge in [-0.05, 0) is 48.2 Å². The molecule has 2 aromatic carbocycles. The first kappa shape index (κ1) is 18.6. The van der Waals surface area contributed by atoms with Crippen LogP contribution < -0.4 is 5.73 Å². The normalized spacial score (nSPS) is 20.4. The van der Waals surface area contributed by atoms with Crippen molar-refractivity contribution in [2.75, 3.05) is 6.61 Å². The third-order valence-corrected chi connectivity index (χ3v) is 4.19. The van der Waals surface area contributed by atoms with Crippen LogP contribution in [0.5, 0.6) is 0 Å². The minimum atomic E-state index is -0.275. The minimum absolute atomic E-state index is 0.0763. The Morgan fingerprint density at radius 2 is 1.38 bits per heavy atom. The fraction of sp³-hybridized carbons (Fsp3) is 0.400. The van der Waals surface area contributed by atoms with Crippen molar-refractivity contribution in [3.05, 3.63) is 71.3 Å². The summed E-state index contributed by atoms with van der Waals surface area (Å²) in [5, 5.41) is 0. The molecule has 0 amide bonds. The third kappa shape index (κ3) is 4.62. The van der Waals surface area contributed by atoms with Gasteiger partial charge < -0.3 is 10.5 Å². The monoisotopic (exact) mass is 333 g/mol. The predicted molar refractivity (Wildman–Crippen MR) is 92.9 cm³/mol. The molecule has 0 aliphatic carbocycles. The maximum atomic E-state index is 13.2. The Morgan fingerprint density at radius 3 is 1.79 bits per heavy atom. The van der Waals surface area contributed by atoms with Crippen molar-refractivity contribution in [3.8, 4) is 0 Å². The van der Waals surface area contributed by atoms with Gasteiger partial charge >= 0.3 is 0 Å². The van der Waals surface area contributed by atoms with Crippen LogP contribution in [0, 0.1) is 11.6 Å². The first-order valence-electron chi connectivity index (χ1n) is 8.51. The van der Waals surface area contributed by atoms with Gasteiger partial charge in [0.2, 0.25) is 0 Å². The summed E-state index contributed by atoms with van der Waals surface area (Å²) in [6.07, 6.45) is 1.50. The molecule has 24 heavy (non-hydrogen) atoms. The SMILES string of the molecule is CC.NC1CCOC(C(c2ccc(F)cc2)c2ccc(F)cc2)C1. The molecule has 1 aliphatic rings. The molecule has 1 heterocycles. The van der Waals surface area contributed by atoms with Crippen molar-refractivity contribution in [1.82, 2.24) is 0 Å². The number of hydrogen-bond acceptors (Lipinski definition) is 2. The summed E-state index contributed by atoms with van der Waals surface area (Å²) in [5.74, 6) is -0.627. The molecule has 1 fully saturated rings. The van der Waals surface area contributed by atoms with Crippen molar-refractivity contribution in [2.24, 2.45) is 5.73 Å². The first-order valence-corrected chi connectivity index (χ1v) is 8.51. The number of hydrogen-bond donors (Lipinski definition) is 1. The maximum Gasteiger partial charge on any atom is 0.123 e. The van der Waals surface area contributed by atoms with E-state index >= 15 is 0 Å². The molecule has 1 saturated heterocycles. The van der Waals surface area contributed by atoms with E-state index in [0.717, 1.165) is 24.0 Å². The summed E-state index contributed by atoms with van der Waals surface area (Å²) in [6, 6.07) is 12.9. The highest BCUT2D eigenvalue weighted by Gasteiger charge is 2.30. The van der Waals surface area contributed by atoms with Crippen LogP contribution >= 0.6 is 0 Å². The summed E-state index contributed by atoms with van der Waals surface area (Å²) in [7, 11) is 0. The summed E-state index contributed by atoms with van der Waals surface area (Å²) in [6.45, 7) is 4.62. The molecular formula is C20H25F2NO. The predicted octanol–water partition coefficient (Wildman–Crippen LogP) is 4.63. The lowest BCUT2D eigenvalue weighted by atomic mass is 9.82. The fourth-order valence-electron chi connectivity index (χ4n) is 3.05. The van der Waals surface area contributed by atoms with Crippen LogP contribution in [0.2, 0.25) is 0 Å². The van der Waals surface area contributed by atoms with E-state index in [2.05, 4.69) is 0 Å². The van der Waals surface area contributed by atoms with Gasteiger partial charge in [-0.25, -0.2) is 8.78 Å². The number of nitrogens with two attached hydrogens (primary N) is 1. The Morgan fingerprint density at radius 1 is 0.917 bits per heavy atom. The van der Waals surface area contributed by atoms with Crippen molar-refractivity contribution < 1.29 is 13.5 Å². The molecule has 130 valence electrons.